The van der Waals surface area contributed by atoms with Crippen molar-refractivity contribution in [3.63, 3.8) is 0 Å². The summed E-state index contributed by atoms with van der Waals surface area (Å²) in [4.78, 5) is 23.9. The van der Waals surface area contributed by atoms with Crippen molar-refractivity contribution < 1.29 is 19.4 Å². The molecule has 19 heavy (non-hydrogen) atoms. The van der Waals surface area contributed by atoms with Gasteiger partial charge < -0.3 is 20.1 Å². The van der Waals surface area contributed by atoms with Crippen LogP contribution in [-0.4, -0.2) is 54.4 Å². The second kappa shape index (κ2) is 8.53. The molecule has 0 spiro atoms. The number of allylic oxidation sites excluding steroid dienone is 1. The number of piperidine rings is 1. The molecular formula is C13H22N2O4. The van der Waals surface area contributed by atoms with Crippen LogP contribution in [0.2, 0.25) is 0 Å². The monoisotopic (exact) mass is 270 g/mol. The number of carboxylic acids is 1. The number of hydrogen-bond acceptors (Lipinski definition) is 3. The highest BCUT2D eigenvalue weighted by atomic mass is 16.5. The van der Waals surface area contributed by atoms with Gasteiger partial charge in [0.15, 0.2) is 0 Å². The van der Waals surface area contributed by atoms with Gasteiger partial charge in [0.1, 0.15) is 6.61 Å². The summed E-state index contributed by atoms with van der Waals surface area (Å²) in [6.07, 6.45) is 4.94. The maximum atomic E-state index is 11.8. The van der Waals surface area contributed by atoms with Crippen LogP contribution in [0.25, 0.3) is 0 Å². The van der Waals surface area contributed by atoms with E-state index in [0.717, 1.165) is 12.8 Å². The van der Waals surface area contributed by atoms with Crippen molar-refractivity contribution in [2.45, 2.75) is 31.8 Å². The van der Waals surface area contributed by atoms with Crippen molar-refractivity contribution in [2.75, 3.05) is 26.2 Å². The summed E-state index contributed by atoms with van der Waals surface area (Å²) in [7, 11) is 0. The Hall–Kier alpha value is -1.56. The van der Waals surface area contributed by atoms with E-state index in [9.17, 15) is 9.59 Å². The van der Waals surface area contributed by atoms with Crippen LogP contribution in [0.3, 0.4) is 0 Å². The summed E-state index contributed by atoms with van der Waals surface area (Å²) >= 11 is 0. The average molecular weight is 270 g/mol. The van der Waals surface area contributed by atoms with Crippen LogP contribution in [-0.2, 0) is 9.53 Å². The van der Waals surface area contributed by atoms with Crippen molar-refractivity contribution in [2.24, 2.45) is 0 Å². The smallest absolute Gasteiger partial charge is 0.329 e. The highest BCUT2D eigenvalue weighted by molar-refractivity contribution is 5.74. The maximum absolute atomic E-state index is 11.8. The first-order valence-electron chi connectivity index (χ1n) is 6.60. The number of nitrogens with one attached hydrogen (secondary N) is 1. The lowest BCUT2D eigenvalue weighted by Gasteiger charge is -2.31. The number of aliphatic carboxylic acids is 1. The van der Waals surface area contributed by atoms with Crippen LogP contribution in [0.1, 0.15) is 25.7 Å². The molecule has 2 amide bonds. The lowest BCUT2D eigenvalue weighted by Crippen LogP contribution is -2.46. The molecular weight excluding hydrogens is 248 g/mol. The molecule has 1 aliphatic rings. The zero-order valence-corrected chi connectivity index (χ0v) is 11.1. The van der Waals surface area contributed by atoms with Gasteiger partial charge in [-0.1, -0.05) is 6.08 Å². The minimum absolute atomic E-state index is 0.0547. The van der Waals surface area contributed by atoms with Crippen molar-refractivity contribution in [3.8, 4) is 0 Å². The van der Waals surface area contributed by atoms with E-state index in [2.05, 4.69) is 11.9 Å². The molecule has 1 aliphatic heterocycles. The first-order chi connectivity index (χ1) is 9.13. The lowest BCUT2D eigenvalue weighted by molar-refractivity contribution is -0.145. The molecule has 1 fully saturated rings. The molecule has 0 aromatic rings. The van der Waals surface area contributed by atoms with Gasteiger partial charge in [0, 0.05) is 19.6 Å². The molecule has 0 atom stereocenters. The standard InChI is InChI=1S/C13H22N2O4/c1-2-3-4-7-14-13(18)15-8-5-11(6-9-15)19-10-12(16)17/h2,11H,1,3-10H2,(H,14,18)(H,16,17). The van der Waals surface area contributed by atoms with Crippen LogP contribution in [0.5, 0.6) is 0 Å². The predicted octanol–water partition coefficient (Wildman–Crippen LogP) is 1.23. The fourth-order valence-corrected chi connectivity index (χ4v) is 1.97. The lowest BCUT2D eigenvalue weighted by atomic mass is 10.1. The minimum atomic E-state index is -0.956. The van der Waals surface area contributed by atoms with Gasteiger partial charge >= 0.3 is 12.0 Å². The molecule has 6 nitrogen and oxygen atoms in total. The van der Waals surface area contributed by atoms with Crippen molar-refractivity contribution >= 4 is 12.0 Å². The molecule has 0 aromatic carbocycles. The number of amides is 2. The van der Waals surface area contributed by atoms with Gasteiger partial charge in [-0.05, 0) is 25.7 Å². The number of carboxylic acid groups (broad SMARTS) is 1. The van der Waals surface area contributed by atoms with Crippen LogP contribution in [0.4, 0.5) is 4.79 Å². The highest BCUT2D eigenvalue weighted by Gasteiger charge is 2.23. The fraction of sp³-hybridized carbons (Fsp3) is 0.692. The summed E-state index contributed by atoms with van der Waals surface area (Å²) < 4.78 is 5.22. The Balaban J connectivity index is 2.16. The third-order valence-electron chi connectivity index (χ3n) is 3.03. The zero-order chi connectivity index (χ0) is 14.1. The zero-order valence-electron chi connectivity index (χ0n) is 11.1. The van der Waals surface area contributed by atoms with E-state index < -0.39 is 5.97 Å². The third-order valence-corrected chi connectivity index (χ3v) is 3.03. The fourth-order valence-electron chi connectivity index (χ4n) is 1.97. The molecule has 0 bridgehead atoms. The average Bonchev–Trinajstić information content (AvgIpc) is 2.41. The van der Waals surface area contributed by atoms with Crippen LogP contribution in [0, 0.1) is 0 Å². The van der Waals surface area contributed by atoms with E-state index in [0.29, 0.717) is 32.5 Å². The number of carbonyl (C=O) groups is 2. The number of rotatable bonds is 7. The number of nitrogens with zero attached hydrogens (tertiary/aromatic N) is 1. The van der Waals surface area contributed by atoms with Crippen molar-refractivity contribution in [3.05, 3.63) is 12.7 Å². The Morgan fingerprint density at radius 2 is 2.11 bits per heavy atom. The Bertz CT molecular complexity index is 312. The summed E-state index contributed by atoms with van der Waals surface area (Å²) in [6.45, 7) is 5.23. The Kier molecular flexibility index (Phi) is 6.95. The van der Waals surface area contributed by atoms with Crippen molar-refractivity contribution in [1.29, 1.82) is 0 Å². The third kappa shape index (κ3) is 6.24. The van der Waals surface area contributed by atoms with Gasteiger partial charge in [0.25, 0.3) is 0 Å². The quantitative estimate of drug-likeness (QED) is 0.538. The Morgan fingerprint density at radius 1 is 1.42 bits per heavy atom. The van der Waals surface area contributed by atoms with E-state index in [-0.39, 0.29) is 18.7 Å². The summed E-state index contributed by atoms with van der Waals surface area (Å²) in [5, 5.41) is 11.4. The number of unbranched alkanes of at least 4 members (excludes halogenated alkanes) is 1. The molecule has 0 unspecified atom stereocenters. The number of urea groups is 1. The maximum Gasteiger partial charge on any atom is 0.329 e. The molecule has 0 radical (unpaired) electrons. The van der Waals surface area contributed by atoms with E-state index in [1.807, 2.05) is 6.08 Å². The minimum Gasteiger partial charge on any atom is -0.480 e. The molecule has 2 N–H and O–H groups in total. The second-order valence-corrected chi connectivity index (χ2v) is 4.55. The van der Waals surface area contributed by atoms with Crippen molar-refractivity contribution in [1.82, 2.24) is 10.2 Å². The first-order valence-corrected chi connectivity index (χ1v) is 6.60. The number of carbonyl (C=O) groups excluding carboxylic acids is 1. The Morgan fingerprint density at radius 3 is 2.68 bits per heavy atom. The number of hydrogen-bond donors (Lipinski definition) is 2. The molecule has 1 rings (SSSR count). The van der Waals surface area contributed by atoms with E-state index in [1.54, 1.807) is 4.90 Å². The van der Waals surface area contributed by atoms with Gasteiger partial charge in [-0.2, -0.15) is 0 Å². The van der Waals surface area contributed by atoms with Gasteiger partial charge in [0.2, 0.25) is 0 Å². The van der Waals surface area contributed by atoms with Gasteiger partial charge in [-0.25, -0.2) is 9.59 Å². The summed E-state index contributed by atoms with van der Waals surface area (Å²) in [6, 6.07) is -0.0549. The molecule has 1 saturated heterocycles. The molecule has 6 heteroatoms. The molecule has 0 aliphatic carbocycles. The topological polar surface area (TPSA) is 78.9 Å². The predicted molar refractivity (Wildman–Crippen MR) is 71.0 cm³/mol. The van der Waals surface area contributed by atoms with E-state index in [1.165, 1.54) is 0 Å². The largest absolute Gasteiger partial charge is 0.480 e. The first kappa shape index (κ1) is 15.5. The molecule has 1 heterocycles. The van der Waals surface area contributed by atoms with Crippen LogP contribution >= 0.6 is 0 Å². The highest BCUT2D eigenvalue weighted by Crippen LogP contribution is 2.13. The Labute approximate surface area is 113 Å². The van der Waals surface area contributed by atoms with Crippen LogP contribution < -0.4 is 5.32 Å². The normalized spacial score (nSPS) is 16.1. The summed E-state index contributed by atoms with van der Waals surface area (Å²) in [5.41, 5.74) is 0. The number of ether oxygens (including phenoxy) is 1. The van der Waals surface area contributed by atoms with E-state index in [4.69, 9.17) is 9.84 Å². The van der Waals surface area contributed by atoms with E-state index >= 15 is 0 Å². The molecule has 108 valence electrons. The SMILES string of the molecule is C=CCCCNC(=O)N1CCC(OCC(=O)O)CC1. The van der Waals surface area contributed by atoms with Crippen LogP contribution in [0.15, 0.2) is 12.7 Å². The van der Waals surface area contributed by atoms with Gasteiger partial charge in [0.05, 0.1) is 6.10 Å². The number of likely N-dealkylation sites (tertiary alicyclic amines) is 1. The summed E-state index contributed by atoms with van der Waals surface area (Å²) in [5.74, 6) is -0.956. The molecule has 0 saturated carbocycles. The molecule has 0 aromatic heterocycles. The second-order valence-electron chi connectivity index (χ2n) is 4.55. The van der Waals surface area contributed by atoms with Gasteiger partial charge in [-0.3, -0.25) is 0 Å². The van der Waals surface area contributed by atoms with Gasteiger partial charge in [-0.15, -0.1) is 6.58 Å².